The van der Waals surface area contributed by atoms with Crippen LogP contribution in [0.4, 0.5) is 5.69 Å². The summed E-state index contributed by atoms with van der Waals surface area (Å²) in [5.41, 5.74) is 1.20. The average Bonchev–Trinajstić information content (AvgIpc) is 2.61. The van der Waals surface area contributed by atoms with Crippen molar-refractivity contribution < 1.29 is 17.9 Å². The van der Waals surface area contributed by atoms with Crippen molar-refractivity contribution in [2.45, 2.75) is 0 Å². The Hall–Kier alpha value is -2.35. The highest BCUT2D eigenvalue weighted by molar-refractivity contribution is 7.92. The summed E-state index contributed by atoms with van der Waals surface area (Å²) in [6.07, 6.45) is 1.48. The number of nitrogens with zero attached hydrogens (tertiary/aromatic N) is 1. The molecule has 8 heteroatoms. The first kappa shape index (κ1) is 20.0. The summed E-state index contributed by atoms with van der Waals surface area (Å²) < 4.78 is 30.5. The van der Waals surface area contributed by atoms with E-state index in [0.29, 0.717) is 16.5 Å². The summed E-state index contributed by atoms with van der Waals surface area (Å²) >= 11 is 6.00. The monoisotopic (exact) mass is 394 g/mol. The summed E-state index contributed by atoms with van der Waals surface area (Å²) in [5.74, 6) is 0.000769. The quantitative estimate of drug-likeness (QED) is 0.782. The molecular weight excluding hydrogens is 376 g/mol. The third kappa shape index (κ3) is 5.59. The Morgan fingerprint density at radius 2 is 1.92 bits per heavy atom. The number of halogens is 1. The zero-order valence-electron chi connectivity index (χ0n) is 14.3. The molecule has 2 aromatic rings. The predicted octanol–water partition coefficient (Wildman–Crippen LogP) is 3.22. The van der Waals surface area contributed by atoms with E-state index in [-0.39, 0.29) is 6.54 Å². The smallest absolute Gasteiger partial charge is 0.239 e. The van der Waals surface area contributed by atoms with Crippen molar-refractivity contribution in [3.05, 3.63) is 64.5 Å². The molecule has 0 radical (unpaired) electrons. The van der Waals surface area contributed by atoms with Gasteiger partial charge in [0.25, 0.3) is 0 Å². The van der Waals surface area contributed by atoms with Gasteiger partial charge >= 0.3 is 0 Å². The lowest BCUT2D eigenvalue weighted by Gasteiger charge is -2.14. The Morgan fingerprint density at radius 1 is 1.23 bits per heavy atom. The van der Waals surface area contributed by atoms with Crippen LogP contribution in [0.3, 0.4) is 0 Å². The molecule has 0 heterocycles. The molecule has 2 aromatic carbocycles. The largest absolute Gasteiger partial charge is 0.495 e. The Kier molecular flexibility index (Phi) is 6.79. The topological polar surface area (TPSA) is 75.7 Å². The molecular formula is C18H19ClN2O4S. The number of sulfonamides is 1. The van der Waals surface area contributed by atoms with E-state index in [0.717, 1.165) is 15.3 Å². The average molecular weight is 395 g/mol. The van der Waals surface area contributed by atoms with Crippen LogP contribution in [0.1, 0.15) is 5.56 Å². The molecule has 138 valence electrons. The van der Waals surface area contributed by atoms with E-state index >= 15 is 0 Å². The first-order valence-corrected chi connectivity index (χ1v) is 9.53. The number of benzene rings is 2. The number of methoxy groups -OCH3 is 1. The Bertz CT molecular complexity index is 899. The fourth-order valence-corrected chi connectivity index (χ4v) is 3.16. The lowest BCUT2D eigenvalue weighted by Crippen LogP contribution is -2.33. The molecule has 0 fully saturated rings. The predicted molar refractivity (Wildman–Crippen MR) is 104 cm³/mol. The molecule has 0 unspecified atom stereocenters. The van der Waals surface area contributed by atoms with Crippen LogP contribution in [0.15, 0.2) is 53.9 Å². The van der Waals surface area contributed by atoms with Crippen LogP contribution in [0.25, 0.3) is 6.08 Å². The highest BCUT2D eigenvalue weighted by Crippen LogP contribution is 2.27. The summed E-state index contributed by atoms with van der Waals surface area (Å²) in [4.78, 5) is 12.1. The van der Waals surface area contributed by atoms with E-state index in [4.69, 9.17) is 16.3 Å². The van der Waals surface area contributed by atoms with Gasteiger partial charge in [0.15, 0.2) is 0 Å². The second kappa shape index (κ2) is 8.84. The summed E-state index contributed by atoms with van der Waals surface area (Å²) in [6, 6.07) is 13.8. The second-order valence-corrected chi connectivity index (χ2v) is 7.74. The van der Waals surface area contributed by atoms with Gasteiger partial charge < -0.3 is 10.1 Å². The fourth-order valence-electron chi connectivity index (χ4n) is 2.07. The standard InChI is InChI=1S/C18H19ClN2O4S/c1-21(26(23,24)11-10-14-6-4-3-5-7-14)13-18(22)20-15-8-9-17(25-2)16(19)12-15/h3-12H,13H2,1-2H3,(H,20,22). The van der Waals surface area contributed by atoms with Crippen molar-refractivity contribution in [1.82, 2.24) is 4.31 Å². The highest BCUT2D eigenvalue weighted by Gasteiger charge is 2.18. The lowest BCUT2D eigenvalue weighted by molar-refractivity contribution is -0.116. The highest BCUT2D eigenvalue weighted by atomic mass is 35.5. The summed E-state index contributed by atoms with van der Waals surface area (Å²) in [6.45, 7) is -0.328. The second-order valence-electron chi connectivity index (χ2n) is 5.41. The molecule has 26 heavy (non-hydrogen) atoms. The number of nitrogens with one attached hydrogen (secondary N) is 1. The molecule has 0 aromatic heterocycles. The van der Waals surface area contributed by atoms with Gasteiger partial charge in [0.2, 0.25) is 15.9 Å². The molecule has 1 N–H and O–H groups in total. The number of likely N-dealkylation sites (N-methyl/N-ethyl adjacent to an activating group) is 1. The minimum absolute atomic E-state index is 0.328. The lowest BCUT2D eigenvalue weighted by atomic mass is 10.2. The summed E-state index contributed by atoms with van der Waals surface area (Å²) in [5, 5.41) is 4.02. The maximum atomic E-state index is 12.3. The van der Waals surface area contributed by atoms with E-state index in [9.17, 15) is 13.2 Å². The molecule has 0 aliphatic rings. The van der Waals surface area contributed by atoms with E-state index in [1.165, 1.54) is 26.3 Å². The SMILES string of the molecule is COc1ccc(NC(=O)CN(C)S(=O)(=O)C=Cc2ccccc2)cc1Cl. The fraction of sp³-hybridized carbons (Fsp3) is 0.167. The zero-order chi connectivity index (χ0) is 19.2. The van der Waals surface area contributed by atoms with Crippen molar-refractivity contribution in [3.8, 4) is 5.75 Å². The molecule has 0 spiro atoms. The van der Waals surface area contributed by atoms with Crippen molar-refractivity contribution in [2.75, 3.05) is 26.0 Å². The van der Waals surface area contributed by atoms with Gasteiger partial charge in [-0.15, -0.1) is 0 Å². The van der Waals surface area contributed by atoms with Gasteiger partial charge in [0.05, 0.1) is 18.7 Å². The minimum Gasteiger partial charge on any atom is -0.495 e. The van der Waals surface area contributed by atoms with Gasteiger partial charge in [0.1, 0.15) is 5.75 Å². The maximum Gasteiger partial charge on any atom is 0.239 e. The Morgan fingerprint density at radius 3 is 2.54 bits per heavy atom. The first-order valence-electron chi connectivity index (χ1n) is 7.64. The number of ether oxygens (including phenoxy) is 1. The van der Waals surface area contributed by atoms with Crippen LogP contribution in [-0.2, 0) is 14.8 Å². The third-order valence-corrected chi connectivity index (χ3v) is 5.24. The van der Waals surface area contributed by atoms with Crippen molar-refractivity contribution in [2.24, 2.45) is 0 Å². The van der Waals surface area contributed by atoms with Crippen molar-refractivity contribution in [3.63, 3.8) is 0 Å². The number of carbonyl (C=O) groups excluding carboxylic acids is 1. The molecule has 0 saturated carbocycles. The van der Waals surface area contributed by atoms with Crippen LogP contribution in [0.5, 0.6) is 5.75 Å². The maximum absolute atomic E-state index is 12.3. The molecule has 2 rings (SSSR count). The van der Waals surface area contributed by atoms with Gasteiger partial charge in [-0.25, -0.2) is 8.42 Å². The van der Waals surface area contributed by atoms with Gasteiger partial charge in [-0.3, -0.25) is 4.79 Å². The Labute approximate surface area is 158 Å². The number of amides is 1. The minimum atomic E-state index is -3.72. The normalized spacial score (nSPS) is 11.7. The molecule has 0 aliphatic heterocycles. The number of carbonyl (C=O) groups is 1. The first-order chi connectivity index (χ1) is 12.3. The van der Waals surface area contributed by atoms with Crippen LogP contribution in [0.2, 0.25) is 5.02 Å². The van der Waals surface area contributed by atoms with Gasteiger partial charge in [-0.05, 0) is 29.8 Å². The summed E-state index contributed by atoms with van der Waals surface area (Å²) in [7, 11) is -0.892. The van der Waals surface area contributed by atoms with Crippen LogP contribution in [0, 0.1) is 0 Å². The van der Waals surface area contributed by atoms with E-state index in [2.05, 4.69) is 5.32 Å². The molecule has 1 amide bonds. The van der Waals surface area contributed by atoms with E-state index in [1.54, 1.807) is 24.3 Å². The number of anilines is 1. The van der Waals surface area contributed by atoms with Crippen LogP contribution >= 0.6 is 11.6 Å². The molecule has 0 aliphatic carbocycles. The third-order valence-electron chi connectivity index (χ3n) is 3.47. The number of rotatable bonds is 7. The van der Waals surface area contributed by atoms with Crippen LogP contribution < -0.4 is 10.1 Å². The molecule has 0 bridgehead atoms. The van der Waals surface area contributed by atoms with Crippen LogP contribution in [-0.4, -0.2) is 39.3 Å². The molecule has 0 atom stereocenters. The molecule has 0 saturated heterocycles. The van der Waals surface area contributed by atoms with Gasteiger partial charge in [-0.2, -0.15) is 4.31 Å². The zero-order valence-corrected chi connectivity index (χ0v) is 15.9. The van der Waals surface area contributed by atoms with Gasteiger partial charge in [0, 0.05) is 18.1 Å². The van der Waals surface area contributed by atoms with Gasteiger partial charge in [-0.1, -0.05) is 41.9 Å². The van der Waals surface area contributed by atoms with Crippen molar-refractivity contribution >= 4 is 39.3 Å². The van der Waals surface area contributed by atoms with E-state index in [1.807, 2.05) is 18.2 Å². The Balaban J connectivity index is 1.99. The number of hydrogen-bond donors (Lipinski definition) is 1. The van der Waals surface area contributed by atoms with Crippen molar-refractivity contribution in [1.29, 1.82) is 0 Å². The van der Waals surface area contributed by atoms with E-state index < -0.39 is 15.9 Å². The number of hydrogen-bond acceptors (Lipinski definition) is 4. The molecule has 6 nitrogen and oxygen atoms in total.